The Hall–Kier alpha value is -2.67. The summed E-state index contributed by atoms with van der Waals surface area (Å²) in [7, 11) is 0. The van der Waals surface area contributed by atoms with Crippen LogP contribution in [0.2, 0.25) is 0 Å². The van der Waals surface area contributed by atoms with Gasteiger partial charge in [-0.15, -0.1) is 11.8 Å². The van der Waals surface area contributed by atoms with E-state index in [0.29, 0.717) is 37.7 Å². The SMILES string of the molecule is C[C@@H](Sc1ccccc1)C(=O)N1CCN(C(=O)[C@@H]2COc3ccccc3O2)CC1. The number of carbonyl (C=O) groups excluding carboxylic acids is 2. The van der Waals surface area contributed by atoms with Crippen molar-refractivity contribution in [1.82, 2.24) is 9.80 Å². The molecule has 6 nitrogen and oxygen atoms in total. The maximum Gasteiger partial charge on any atom is 0.267 e. The molecule has 0 spiro atoms. The third-order valence-corrected chi connectivity index (χ3v) is 6.19. The third-order valence-electron chi connectivity index (χ3n) is 5.09. The van der Waals surface area contributed by atoms with Crippen LogP contribution in [0.5, 0.6) is 11.5 Å². The first kappa shape index (κ1) is 19.6. The second-order valence-corrected chi connectivity index (χ2v) is 8.50. The van der Waals surface area contributed by atoms with Gasteiger partial charge in [0.25, 0.3) is 5.91 Å². The number of hydrogen-bond donors (Lipinski definition) is 0. The van der Waals surface area contributed by atoms with Gasteiger partial charge in [-0.1, -0.05) is 30.3 Å². The molecule has 0 saturated carbocycles. The molecule has 2 amide bonds. The summed E-state index contributed by atoms with van der Waals surface area (Å²) in [5.41, 5.74) is 0. The number of ether oxygens (including phenoxy) is 2. The Morgan fingerprint density at radius 3 is 2.28 bits per heavy atom. The van der Waals surface area contributed by atoms with Gasteiger partial charge in [0.2, 0.25) is 12.0 Å². The van der Waals surface area contributed by atoms with Gasteiger partial charge < -0.3 is 19.3 Å². The first-order chi connectivity index (χ1) is 14.1. The molecule has 2 aliphatic rings. The summed E-state index contributed by atoms with van der Waals surface area (Å²) >= 11 is 1.56. The molecule has 29 heavy (non-hydrogen) atoms. The van der Waals surface area contributed by atoms with Crippen molar-refractivity contribution >= 4 is 23.6 Å². The second-order valence-electron chi connectivity index (χ2n) is 7.09. The highest BCUT2D eigenvalue weighted by atomic mass is 32.2. The highest BCUT2D eigenvalue weighted by molar-refractivity contribution is 8.00. The zero-order chi connectivity index (χ0) is 20.2. The maximum absolute atomic E-state index is 12.8. The molecule has 1 fully saturated rings. The van der Waals surface area contributed by atoms with Gasteiger partial charge in [0, 0.05) is 31.1 Å². The Morgan fingerprint density at radius 1 is 0.931 bits per heavy atom. The average molecular weight is 413 g/mol. The van der Waals surface area contributed by atoms with E-state index in [4.69, 9.17) is 9.47 Å². The normalized spacial score (nSPS) is 19.6. The number of amides is 2. The van der Waals surface area contributed by atoms with Crippen LogP contribution in [0.25, 0.3) is 0 Å². The molecule has 7 heteroatoms. The van der Waals surface area contributed by atoms with Crippen molar-refractivity contribution in [3.8, 4) is 11.5 Å². The lowest BCUT2D eigenvalue weighted by Gasteiger charge is -2.37. The predicted molar refractivity (Wildman–Crippen MR) is 111 cm³/mol. The number of rotatable bonds is 4. The van der Waals surface area contributed by atoms with Crippen LogP contribution in [-0.2, 0) is 9.59 Å². The lowest BCUT2D eigenvalue weighted by atomic mass is 10.2. The lowest BCUT2D eigenvalue weighted by molar-refractivity contribution is -0.146. The largest absolute Gasteiger partial charge is 0.485 e. The molecule has 0 N–H and O–H groups in total. The number of hydrogen-bond acceptors (Lipinski definition) is 5. The Kier molecular flexibility index (Phi) is 5.94. The van der Waals surface area contributed by atoms with Crippen molar-refractivity contribution in [3.05, 3.63) is 54.6 Å². The van der Waals surface area contributed by atoms with Crippen LogP contribution in [0, 0.1) is 0 Å². The monoisotopic (exact) mass is 412 g/mol. The van der Waals surface area contributed by atoms with E-state index in [1.165, 1.54) is 0 Å². The number of benzene rings is 2. The number of fused-ring (bicyclic) bond motifs is 1. The molecule has 2 aromatic carbocycles. The van der Waals surface area contributed by atoms with Crippen molar-refractivity contribution in [3.63, 3.8) is 0 Å². The standard InChI is InChI=1S/C22H24N2O4S/c1-16(29-17-7-3-2-4-8-17)21(25)23-11-13-24(14-12-23)22(26)20-15-27-18-9-5-6-10-19(18)28-20/h2-10,16,20H,11-15H2,1H3/t16-,20+/m1/s1. The van der Waals surface area contributed by atoms with Crippen molar-refractivity contribution in [2.75, 3.05) is 32.8 Å². The zero-order valence-corrected chi connectivity index (χ0v) is 17.1. The van der Waals surface area contributed by atoms with Crippen LogP contribution in [-0.4, -0.2) is 65.8 Å². The summed E-state index contributed by atoms with van der Waals surface area (Å²) in [5.74, 6) is 1.28. The molecule has 0 aliphatic carbocycles. The fraction of sp³-hybridized carbons (Fsp3) is 0.364. The summed E-state index contributed by atoms with van der Waals surface area (Å²) in [6.45, 7) is 4.23. The Labute approximate surface area is 174 Å². The molecule has 2 atom stereocenters. The van der Waals surface area contributed by atoms with Gasteiger partial charge in [-0.25, -0.2) is 0 Å². The molecule has 152 valence electrons. The van der Waals surface area contributed by atoms with E-state index in [-0.39, 0.29) is 23.7 Å². The first-order valence-electron chi connectivity index (χ1n) is 9.79. The predicted octanol–water partition coefficient (Wildman–Crippen LogP) is 2.68. The van der Waals surface area contributed by atoms with Crippen LogP contribution < -0.4 is 9.47 Å². The van der Waals surface area contributed by atoms with E-state index in [2.05, 4.69) is 0 Å². The lowest BCUT2D eigenvalue weighted by Crippen LogP contribution is -2.56. The number of para-hydroxylation sites is 2. The molecule has 0 unspecified atom stereocenters. The summed E-state index contributed by atoms with van der Waals surface area (Å²) in [6, 6.07) is 17.3. The molecule has 2 aliphatic heterocycles. The van der Waals surface area contributed by atoms with E-state index in [1.807, 2.05) is 60.4 Å². The third kappa shape index (κ3) is 4.50. The Balaban J connectivity index is 1.29. The van der Waals surface area contributed by atoms with Gasteiger partial charge in [0.05, 0.1) is 5.25 Å². The molecular weight excluding hydrogens is 388 g/mol. The molecular formula is C22H24N2O4S. The molecule has 0 radical (unpaired) electrons. The van der Waals surface area contributed by atoms with E-state index in [0.717, 1.165) is 4.90 Å². The van der Waals surface area contributed by atoms with Crippen molar-refractivity contribution in [2.45, 2.75) is 23.2 Å². The van der Waals surface area contributed by atoms with Crippen molar-refractivity contribution in [2.24, 2.45) is 0 Å². The van der Waals surface area contributed by atoms with Crippen LogP contribution >= 0.6 is 11.8 Å². The molecule has 2 aromatic rings. The fourth-order valence-corrected chi connectivity index (χ4v) is 4.48. The Bertz CT molecular complexity index is 868. The minimum absolute atomic E-state index is 0.0849. The summed E-state index contributed by atoms with van der Waals surface area (Å²) in [5, 5.41) is -0.161. The van der Waals surface area contributed by atoms with E-state index in [9.17, 15) is 9.59 Å². The van der Waals surface area contributed by atoms with Crippen molar-refractivity contribution < 1.29 is 19.1 Å². The van der Waals surface area contributed by atoms with Gasteiger partial charge >= 0.3 is 0 Å². The van der Waals surface area contributed by atoms with Gasteiger partial charge in [-0.2, -0.15) is 0 Å². The molecule has 2 heterocycles. The number of nitrogens with zero attached hydrogens (tertiary/aromatic N) is 2. The molecule has 0 aromatic heterocycles. The van der Waals surface area contributed by atoms with Crippen LogP contribution in [0.4, 0.5) is 0 Å². The summed E-state index contributed by atoms with van der Waals surface area (Å²) in [4.78, 5) is 30.3. The van der Waals surface area contributed by atoms with E-state index in [1.54, 1.807) is 22.7 Å². The fourth-order valence-electron chi connectivity index (χ4n) is 3.50. The minimum Gasteiger partial charge on any atom is -0.485 e. The summed E-state index contributed by atoms with van der Waals surface area (Å²) in [6.07, 6.45) is -0.639. The maximum atomic E-state index is 12.8. The molecule has 4 rings (SSSR count). The van der Waals surface area contributed by atoms with Crippen LogP contribution in [0.3, 0.4) is 0 Å². The highest BCUT2D eigenvalue weighted by Crippen LogP contribution is 2.31. The quantitative estimate of drug-likeness (QED) is 0.723. The van der Waals surface area contributed by atoms with Crippen LogP contribution in [0.1, 0.15) is 6.92 Å². The number of carbonyl (C=O) groups is 2. The minimum atomic E-state index is -0.639. The topological polar surface area (TPSA) is 59.1 Å². The molecule has 1 saturated heterocycles. The van der Waals surface area contributed by atoms with Gasteiger partial charge in [0.1, 0.15) is 6.61 Å². The van der Waals surface area contributed by atoms with Gasteiger partial charge in [-0.05, 0) is 31.2 Å². The second kappa shape index (κ2) is 8.78. The average Bonchev–Trinajstić information content (AvgIpc) is 2.78. The summed E-state index contributed by atoms with van der Waals surface area (Å²) < 4.78 is 11.5. The van der Waals surface area contributed by atoms with Gasteiger partial charge in [-0.3, -0.25) is 9.59 Å². The highest BCUT2D eigenvalue weighted by Gasteiger charge is 2.34. The first-order valence-corrected chi connectivity index (χ1v) is 10.7. The van der Waals surface area contributed by atoms with E-state index >= 15 is 0 Å². The van der Waals surface area contributed by atoms with Gasteiger partial charge in [0.15, 0.2) is 11.5 Å². The molecule has 0 bridgehead atoms. The van der Waals surface area contributed by atoms with Crippen LogP contribution in [0.15, 0.2) is 59.5 Å². The number of thioether (sulfide) groups is 1. The smallest absolute Gasteiger partial charge is 0.267 e. The Morgan fingerprint density at radius 2 is 1.55 bits per heavy atom. The zero-order valence-electron chi connectivity index (χ0n) is 16.3. The van der Waals surface area contributed by atoms with E-state index < -0.39 is 6.10 Å². The van der Waals surface area contributed by atoms with Crippen molar-refractivity contribution in [1.29, 1.82) is 0 Å². The number of piperazine rings is 1.